The molecule has 0 spiro atoms. The van der Waals surface area contributed by atoms with Gasteiger partial charge < -0.3 is 15.8 Å². The summed E-state index contributed by atoms with van der Waals surface area (Å²) in [4.78, 5) is 8.64. The first kappa shape index (κ1) is 13.1. The first-order valence-electron chi connectivity index (χ1n) is 6.28. The highest BCUT2D eigenvalue weighted by atomic mass is 16.5. The van der Waals surface area contributed by atoms with Gasteiger partial charge in [0.05, 0.1) is 6.61 Å². The maximum atomic E-state index is 5.64. The lowest BCUT2D eigenvalue weighted by Crippen LogP contribution is -2.03. The van der Waals surface area contributed by atoms with Crippen LogP contribution in [0.1, 0.15) is 19.0 Å². The Balaban J connectivity index is 2.15. The molecule has 5 nitrogen and oxygen atoms in total. The van der Waals surface area contributed by atoms with Gasteiger partial charge in [-0.05, 0) is 37.6 Å². The molecule has 1 aromatic heterocycles. The molecule has 2 rings (SSSR count). The maximum absolute atomic E-state index is 5.64. The van der Waals surface area contributed by atoms with Gasteiger partial charge in [-0.3, -0.25) is 0 Å². The van der Waals surface area contributed by atoms with Gasteiger partial charge in [0.25, 0.3) is 0 Å². The molecule has 100 valence electrons. The number of benzene rings is 1. The van der Waals surface area contributed by atoms with Crippen molar-refractivity contribution in [1.29, 1.82) is 0 Å². The summed E-state index contributed by atoms with van der Waals surface area (Å²) < 4.78 is 5.52. The monoisotopic (exact) mass is 258 g/mol. The topological polar surface area (TPSA) is 73.1 Å². The van der Waals surface area contributed by atoms with Crippen LogP contribution in [-0.4, -0.2) is 16.6 Å². The third kappa shape index (κ3) is 3.84. The molecule has 0 saturated carbocycles. The quantitative estimate of drug-likeness (QED) is 0.807. The Bertz CT molecular complexity index is 540. The molecule has 0 aliphatic heterocycles. The van der Waals surface area contributed by atoms with E-state index in [0.29, 0.717) is 18.4 Å². The van der Waals surface area contributed by atoms with Crippen molar-refractivity contribution < 1.29 is 4.74 Å². The number of ether oxygens (including phenoxy) is 1. The van der Waals surface area contributed by atoms with Gasteiger partial charge in [0.2, 0.25) is 11.8 Å². The molecule has 5 heteroatoms. The molecule has 0 bridgehead atoms. The van der Waals surface area contributed by atoms with Crippen LogP contribution in [0.3, 0.4) is 0 Å². The number of rotatable bonds is 5. The number of hydrogen-bond acceptors (Lipinski definition) is 5. The minimum atomic E-state index is 0.524. The van der Waals surface area contributed by atoms with E-state index in [4.69, 9.17) is 10.5 Å². The fraction of sp³-hybridized carbons (Fsp3) is 0.286. The first-order valence-corrected chi connectivity index (χ1v) is 6.28. The third-order valence-corrected chi connectivity index (χ3v) is 2.45. The van der Waals surface area contributed by atoms with E-state index in [-0.39, 0.29) is 0 Å². The van der Waals surface area contributed by atoms with E-state index in [9.17, 15) is 0 Å². The molecule has 0 radical (unpaired) electrons. The minimum absolute atomic E-state index is 0.524. The number of anilines is 3. The maximum Gasteiger partial charge on any atom is 0.230 e. The molecule has 0 amide bonds. The van der Waals surface area contributed by atoms with Crippen LogP contribution in [0.5, 0.6) is 5.88 Å². The van der Waals surface area contributed by atoms with E-state index in [1.807, 2.05) is 37.3 Å². The van der Waals surface area contributed by atoms with Gasteiger partial charge in [-0.2, -0.15) is 4.98 Å². The molecule has 2 aromatic rings. The van der Waals surface area contributed by atoms with Gasteiger partial charge >= 0.3 is 0 Å². The van der Waals surface area contributed by atoms with Crippen molar-refractivity contribution in [3.05, 3.63) is 36.0 Å². The summed E-state index contributed by atoms with van der Waals surface area (Å²) in [6.45, 7) is 4.62. The van der Waals surface area contributed by atoms with Crippen LogP contribution in [0.15, 0.2) is 30.3 Å². The Morgan fingerprint density at radius 3 is 2.63 bits per heavy atom. The molecule has 0 atom stereocenters. The van der Waals surface area contributed by atoms with Crippen LogP contribution >= 0.6 is 0 Å². The van der Waals surface area contributed by atoms with Crippen molar-refractivity contribution in [3.63, 3.8) is 0 Å². The summed E-state index contributed by atoms with van der Waals surface area (Å²) >= 11 is 0. The lowest BCUT2D eigenvalue weighted by molar-refractivity contribution is 0.305. The average Bonchev–Trinajstić information content (AvgIpc) is 2.38. The number of hydrogen-bond donors (Lipinski definition) is 2. The van der Waals surface area contributed by atoms with Crippen LogP contribution in [0.2, 0.25) is 0 Å². The summed E-state index contributed by atoms with van der Waals surface area (Å²) in [6.07, 6.45) is 0.948. The van der Waals surface area contributed by atoms with Gasteiger partial charge in [-0.1, -0.05) is 6.92 Å². The minimum Gasteiger partial charge on any atom is -0.478 e. The van der Waals surface area contributed by atoms with Gasteiger partial charge in [-0.15, -0.1) is 0 Å². The largest absolute Gasteiger partial charge is 0.478 e. The predicted octanol–water partition coefficient (Wildman–Crippen LogP) is 2.90. The van der Waals surface area contributed by atoms with Crippen molar-refractivity contribution in [2.24, 2.45) is 0 Å². The third-order valence-electron chi connectivity index (χ3n) is 2.45. The lowest BCUT2D eigenvalue weighted by atomic mass is 10.3. The van der Waals surface area contributed by atoms with Crippen LogP contribution in [-0.2, 0) is 0 Å². The van der Waals surface area contributed by atoms with Crippen LogP contribution < -0.4 is 15.8 Å². The Labute approximate surface area is 112 Å². The van der Waals surface area contributed by atoms with Crippen molar-refractivity contribution in [2.45, 2.75) is 20.3 Å². The van der Waals surface area contributed by atoms with E-state index in [0.717, 1.165) is 23.5 Å². The second kappa shape index (κ2) is 6.04. The fourth-order valence-electron chi connectivity index (χ4n) is 1.57. The molecule has 1 aromatic carbocycles. The second-order valence-corrected chi connectivity index (χ2v) is 4.27. The molecule has 1 heterocycles. The lowest BCUT2D eigenvalue weighted by Gasteiger charge is -2.09. The number of aryl methyl sites for hydroxylation is 1. The Kier molecular flexibility index (Phi) is 4.18. The summed E-state index contributed by atoms with van der Waals surface area (Å²) in [5, 5.41) is 3.13. The Morgan fingerprint density at radius 1 is 1.21 bits per heavy atom. The highest BCUT2D eigenvalue weighted by molar-refractivity contribution is 5.57. The normalized spacial score (nSPS) is 10.2. The van der Waals surface area contributed by atoms with Crippen LogP contribution in [0.25, 0.3) is 0 Å². The smallest absolute Gasteiger partial charge is 0.230 e. The first-order chi connectivity index (χ1) is 9.17. The SMILES string of the molecule is CCCOc1cc(C)nc(Nc2ccc(N)cc2)n1. The second-order valence-electron chi connectivity index (χ2n) is 4.27. The molecular formula is C14H18N4O. The number of nitrogen functional groups attached to an aromatic ring is 1. The summed E-state index contributed by atoms with van der Waals surface area (Å²) in [7, 11) is 0. The zero-order chi connectivity index (χ0) is 13.7. The standard InChI is InChI=1S/C14H18N4O/c1-3-8-19-13-9-10(2)16-14(18-13)17-12-6-4-11(15)5-7-12/h4-7,9H,3,8,15H2,1-2H3,(H,16,17,18). The predicted molar refractivity (Wildman–Crippen MR) is 76.7 cm³/mol. The van der Waals surface area contributed by atoms with Gasteiger partial charge in [0.15, 0.2) is 0 Å². The molecule has 0 aliphatic rings. The van der Waals surface area contributed by atoms with E-state index in [1.54, 1.807) is 0 Å². The van der Waals surface area contributed by atoms with Crippen molar-refractivity contribution in [1.82, 2.24) is 9.97 Å². The Morgan fingerprint density at radius 2 is 1.95 bits per heavy atom. The van der Waals surface area contributed by atoms with E-state index in [1.165, 1.54) is 0 Å². The van der Waals surface area contributed by atoms with Crippen molar-refractivity contribution in [3.8, 4) is 5.88 Å². The van der Waals surface area contributed by atoms with Crippen molar-refractivity contribution in [2.75, 3.05) is 17.7 Å². The molecule has 19 heavy (non-hydrogen) atoms. The molecule has 0 aliphatic carbocycles. The molecular weight excluding hydrogens is 240 g/mol. The number of nitrogens with zero attached hydrogens (tertiary/aromatic N) is 2. The number of nitrogens with one attached hydrogen (secondary N) is 1. The van der Waals surface area contributed by atoms with Gasteiger partial charge in [0.1, 0.15) is 0 Å². The average molecular weight is 258 g/mol. The van der Waals surface area contributed by atoms with E-state index >= 15 is 0 Å². The van der Waals surface area contributed by atoms with E-state index < -0.39 is 0 Å². The van der Waals surface area contributed by atoms with Gasteiger partial charge in [-0.25, -0.2) is 4.98 Å². The summed E-state index contributed by atoms with van der Waals surface area (Å²) in [5.41, 5.74) is 8.12. The number of aromatic nitrogens is 2. The zero-order valence-electron chi connectivity index (χ0n) is 11.2. The highest BCUT2D eigenvalue weighted by Gasteiger charge is 2.03. The summed E-state index contributed by atoms with van der Waals surface area (Å²) in [6, 6.07) is 9.24. The zero-order valence-corrected chi connectivity index (χ0v) is 11.2. The van der Waals surface area contributed by atoms with Crippen LogP contribution in [0, 0.1) is 6.92 Å². The molecule has 0 unspecified atom stereocenters. The molecule has 0 fully saturated rings. The van der Waals surface area contributed by atoms with Crippen molar-refractivity contribution >= 4 is 17.3 Å². The van der Waals surface area contributed by atoms with E-state index in [2.05, 4.69) is 22.2 Å². The highest BCUT2D eigenvalue weighted by Crippen LogP contribution is 2.18. The molecule has 3 N–H and O–H groups in total. The Hall–Kier alpha value is -2.30. The van der Waals surface area contributed by atoms with Crippen LogP contribution in [0.4, 0.5) is 17.3 Å². The molecule has 0 saturated heterocycles. The fourth-order valence-corrected chi connectivity index (χ4v) is 1.57. The summed E-state index contributed by atoms with van der Waals surface area (Å²) in [5.74, 6) is 1.11. The number of nitrogens with two attached hydrogens (primary N) is 1. The van der Waals surface area contributed by atoms with Gasteiger partial charge in [0, 0.05) is 23.1 Å².